The Morgan fingerprint density at radius 3 is 2.81 bits per heavy atom. The van der Waals surface area contributed by atoms with Gasteiger partial charge < -0.3 is 10.6 Å². The van der Waals surface area contributed by atoms with Gasteiger partial charge in [-0.05, 0) is 33.7 Å². The Labute approximate surface area is 104 Å². The van der Waals surface area contributed by atoms with Crippen molar-refractivity contribution in [3.8, 4) is 0 Å². The van der Waals surface area contributed by atoms with E-state index in [1.165, 1.54) is 6.42 Å². The van der Waals surface area contributed by atoms with Gasteiger partial charge in [-0.15, -0.1) is 0 Å². The van der Waals surface area contributed by atoms with Crippen LogP contribution >= 0.6 is 15.9 Å². The van der Waals surface area contributed by atoms with Gasteiger partial charge >= 0.3 is 0 Å². The van der Waals surface area contributed by atoms with E-state index in [4.69, 9.17) is 0 Å². The summed E-state index contributed by atoms with van der Waals surface area (Å²) in [6.45, 7) is 5.58. The van der Waals surface area contributed by atoms with Gasteiger partial charge in [0, 0.05) is 19.8 Å². The molecule has 1 aliphatic carbocycles. The highest BCUT2D eigenvalue weighted by atomic mass is 79.9. The summed E-state index contributed by atoms with van der Waals surface area (Å²) in [6.07, 6.45) is 3.06. The fourth-order valence-electron chi connectivity index (χ4n) is 1.76. The Bertz CT molecular complexity index is 392. The molecule has 0 saturated heterocycles. The molecule has 1 unspecified atom stereocenters. The van der Waals surface area contributed by atoms with Crippen molar-refractivity contribution in [2.75, 3.05) is 24.2 Å². The quantitative estimate of drug-likeness (QED) is 0.893. The molecular weight excluding hydrogens is 268 g/mol. The summed E-state index contributed by atoms with van der Waals surface area (Å²) in [7, 11) is 1.82. The average Bonchev–Trinajstić information content (AvgIpc) is 2.85. The third-order valence-electron chi connectivity index (χ3n) is 3.20. The third kappa shape index (κ3) is 2.45. The second-order valence-electron chi connectivity index (χ2n) is 4.91. The number of aromatic nitrogens is 2. The molecule has 0 bridgehead atoms. The van der Waals surface area contributed by atoms with Crippen LogP contribution in [-0.2, 0) is 0 Å². The topological polar surface area (TPSA) is 49.8 Å². The van der Waals surface area contributed by atoms with Crippen LogP contribution < -0.4 is 10.6 Å². The molecule has 1 aromatic rings. The molecule has 0 radical (unpaired) electrons. The molecule has 1 heterocycles. The molecule has 2 rings (SSSR count). The maximum atomic E-state index is 4.36. The maximum absolute atomic E-state index is 4.36. The zero-order valence-electron chi connectivity index (χ0n) is 9.84. The zero-order valence-corrected chi connectivity index (χ0v) is 11.4. The number of hydrogen-bond acceptors (Lipinski definition) is 4. The second kappa shape index (κ2) is 4.20. The standard InChI is InChI=1S/C11H17BrN4/c1-11(2)4-7(11)5-14-9-8(12)6-15-10(13-3)16-9/h6-7H,4-5H2,1-3H3,(H2,13,14,15,16). The van der Waals surface area contributed by atoms with E-state index in [9.17, 15) is 0 Å². The molecule has 5 heteroatoms. The lowest BCUT2D eigenvalue weighted by molar-refractivity contribution is 0.573. The van der Waals surface area contributed by atoms with Crippen LogP contribution in [0.3, 0.4) is 0 Å². The van der Waals surface area contributed by atoms with E-state index in [1.807, 2.05) is 7.05 Å². The summed E-state index contributed by atoms with van der Waals surface area (Å²) in [4.78, 5) is 8.48. The van der Waals surface area contributed by atoms with Crippen LogP contribution in [0.25, 0.3) is 0 Å². The Balaban J connectivity index is 1.98. The van der Waals surface area contributed by atoms with Crippen molar-refractivity contribution in [3.63, 3.8) is 0 Å². The number of nitrogens with zero attached hydrogens (tertiary/aromatic N) is 2. The molecule has 2 N–H and O–H groups in total. The third-order valence-corrected chi connectivity index (χ3v) is 3.78. The fraction of sp³-hybridized carbons (Fsp3) is 0.636. The summed E-state index contributed by atoms with van der Waals surface area (Å²) in [5.41, 5.74) is 0.498. The average molecular weight is 285 g/mol. The van der Waals surface area contributed by atoms with Gasteiger partial charge in [0.15, 0.2) is 0 Å². The molecule has 1 aliphatic rings. The van der Waals surface area contributed by atoms with Crippen LogP contribution in [0.1, 0.15) is 20.3 Å². The smallest absolute Gasteiger partial charge is 0.224 e. The predicted octanol–water partition coefficient (Wildman–Crippen LogP) is 2.74. The second-order valence-corrected chi connectivity index (χ2v) is 5.77. The van der Waals surface area contributed by atoms with Crippen LogP contribution in [0, 0.1) is 11.3 Å². The molecule has 16 heavy (non-hydrogen) atoms. The molecule has 1 atom stereocenters. The first-order chi connectivity index (χ1) is 7.53. The minimum atomic E-state index is 0.498. The minimum absolute atomic E-state index is 0.498. The Morgan fingerprint density at radius 2 is 2.25 bits per heavy atom. The van der Waals surface area contributed by atoms with Crippen molar-refractivity contribution in [3.05, 3.63) is 10.7 Å². The van der Waals surface area contributed by atoms with Crippen molar-refractivity contribution < 1.29 is 0 Å². The maximum Gasteiger partial charge on any atom is 0.224 e. The molecule has 0 spiro atoms. The van der Waals surface area contributed by atoms with E-state index < -0.39 is 0 Å². The number of hydrogen-bond donors (Lipinski definition) is 2. The van der Waals surface area contributed by atoms with E-state index in [-0.39, 0.29) is 0 Å². The first-order valence-electron chi connectivity index (χ1n) is 5.47. The van der Waals surface area contributed by atoms with E-state index in [2.05, 4.69) is 50.4 Å². The summed E-state index contributed by atoms with van der Waals surface area (Å²) < 4.78 is 0.907. The van der Waals surface area contributed by atoms with Crippen LogP contribution in [0.4, 0.5) is 11.8 Å². The Kier molecular flexibility index (Phi) is 3.06. The van der Waals surface area contributed by atoms with Gasteiger partial charge in [-0.3, -0.25) is 0 Å². The molecule has 0 amide bonds. The number of anilines is 2. The van der Waals surface area contributed by atoms with Gasteiger partial charge in [-0.2, -0.15) is 4.98 Å². The summed E-state index contributed by atoms with van der Waals surface area (Å²) >= 11 is 3.44. The molecule has 1 aromatic heterocycles. The van der Waals surface area contributed by atoms with Crippen molar-refractivity contribution in [2.24, 2.45) is 11.3 Å². The van der Waals surface area contributed by atoms with Gasteiger partial charge in [0.2, 0.25) is 5.95 Å². The Morgan fingerprint density at radius 1 is 1.56 bits per heavy atom. The van der Waals surface area contributed by atoms with Crippen molar-refractivity contribution in [2.45, 2.75) is 20.3 Å². The van der Waals surface area contributed by atoms with Crippen LogP contribution in [0.5, 0.6) is 0 Å². The van der Waals surface area contributed by atoms with Gasteiger partial charge in [-0.25, -0.2) is 4.98 Å². The lowest BCUT2D eigenvalue weighted by Gasteiger charge is -2.09. The molecule has 0 aliphatic heterocycles. The van der Waals surface area contributed by atoms with Gasteiger partial charge in [0.1, 0.15) is 5.82 Å². The summed E-state index contributed by atoms with van der Waals surface area (Å²) in [5, 5.41) is 6.30. The first-order valence-corrected chi connectivity index (χ1v) is 6.26. The lowest BCUT2D eigenvalue weighted by atomic mass is 10.1. The highest BCUT2D eigenvalue weighted by Crippen LogP contribution is 2.51. The lowest BCUT2D eigenvalue weighted by Crippen LogP contribution is -2.10. The molecule has 1 fully saturated rings. The van der Waals surface area contributed by atoms with Crippen LogP contribution in [0.2, 0.25) is 0 Å². The summed E-state index contributed by atoms with van der Waals surface area (Å²) in [5.74, 6) is 2.26. The Hall–Kier alpha value is -0.840. The van der Waals surface area contributed by atoms with Gasteiger partial charge in [-0.1, -0.05) is 13.8 Å². The summed E-state index contributed by atoms with van der Waals surface area (Å²) in [6, 6.07) is 0. The fourth-order valence-corrected chi connectivity index (χ4v) is 2.09. The van der Waals surface area contributed by atoms with Crippen molar-refractivity contribution in [1.29, 1.82) is 0 Å². The molecular formula is C11H17BrN4. The SMILES string of the molecule is CNc1ncc(Br)c(NCC2CC2(C)C)n1. The highest BCUT2D eigenvalue weighted by molar-refractivity contribution is 9.10. The van der Waals surface area contributed by atoms with Gasteiger partial charge in [0.05, 0.1) is 4.47 Å². The molecule has 4 nitrogen and oxygen atoms in total. The largest absolute Gasteiger partial charge is 0.369 e. The van der Waals surface area contributed by atoms with E-state index >= 15 is 0 Å². The minimum Gasteiger partial charge on any atom is -0.369 e. The van der Waals surface area contributed by atoms with Crippen LogP contribution in [-0.4, -0.2) is 23.6 Å². The number of halogens is 1. The number of rotatable bonds is 4. The van der Waals surface area contributed by atoms with E-state index in [0.29, 0.717) is 11.4 Å². The van der Waals surface area contributed by atoms with Crippen molar-refractivity contribution >= 4 is 27.7 Å². The van der Waals surface area contributed by atoms with Gasteiger partial charge in [0.25, 0.3) is 0 Å². The molecule has 88 valence electrons. The van der Waals surface area contributed by atoms with Crippen LogP contribution in [0.15, 0.2) is 10.7 Å². The molecule has 0 aromatic carbocycles. The zero-order chi connectivity index (χ0) is 11.8. The van der Waals surface area contributed by atoms with E-state index in [0.717, 1.165) is 22.8 Å². The first kappa shape index (κ1) is 11.6. The monoisotopic (exact) mass is 284 g/mol. The van der Waals surface area contributed by atoms with Crippen molar-refractivity contribution in [1.82, 2.24) is 9.97 Å². The number of nitrogens with one attached hydrogen (secondary N) is 2. The predicted molar refractivity (Wildman–Crippen MR) is 69.7 cm³/mol. The molecule has 1 saturated carbocycles. The normalized spacial score (nSPS) is 21.6. The highest BCUT2D eigenvalue weighted by Gasteiger charge is 2.45. The van der Waals surface area contributed by atoms with E-state index in [1.54, 1.807) is 6.20 Å².